The van der Waals surface area contributed by atoms with E-state index in [2.05, 4.69) is 5.32 Å². The summed E-state index contributed by atoms with van der Waals surface area (Å²) in [5.41, 5.74) is 0.214. The number of hydrogen-bond donors (Lipinski definition) is 2. The first-order valence-corrected chi connectivity index (χ1v) is 8.67. The predicted octanol–water partition coefficient (Wildman–Crippen LogP) is 2.20. The van der Waals surface area contributed by atoms with Crippen LogP contribution in [0, 0.1) is 11.8 Å². The van der Waals surface area contributed by atoms with Crippen LogP contribution in [0.3, 0.4) is 0 Å². The Morgan fingerprint density at radius 1 is 1.21 bits per heavy atom. The van der Waals surface area contributed by atoms with Gasteiger partial charge in [0.05, 0.1) is 6.04 Å². The maximum Gasteiger partial charge on any atom is 0.331 e. The minimum absolute atomic E-state index is 0.0662. The standard InChI is InChI=1S/C18H30N2O4/c1-12(2)15(10-13(3)18(23)24)20(4)17(22)16(19-11-21)14-8-6-5-7-9-14/h10-12,14-16H,5-9H2,1-4H3,(H,19,21)(H,23,24)/b13-10+/t15-,16-/m1/s1. The second-order valence-corrected chi connectivity index (χ2v) is 7.00. The smallest absolute Gasteiger partial charge is 0.331 e. The number of carboxylic acids is 1. The topological polar surface area (TPSA) is 86.7 Å². The molecule has 0 radical (unpaired) electrons. The Morgan fingerprint density at radius 2 is 1.79 bits per heavy atom. The normalized spacial score (nSPS) is 18.8. The molecule has 0 aromatic rings. The number of nitrogens with zero attached hydrogens (tertiary/aromatic N) is 1. The maximum atomic E-state index is 13.0. The van der Waals surface area contributed by atoms with Gasteiger partial charge in [-0.2, -0.15) is 0 Å². The Kier molecular flexibility index (Phi) is 7.95. The van der Waals surface area contributed by atoms with Gasteiger partial charge in [-0.25, -0.2) is 4.79 Å². The van der Waals surface area contributed by atoms with Gasteiger partial charge < -0.3 is 15.3 Å². The molecule has 2 amide bonds. The molecule has 24 heavy (non-hydrogen) atoms. The van der Waals surface area contributed by atoms with Gasteiger partial charge in [-0.15, -0.1) is 0 Å². The molecule has 0 unspecified atom stereocenters. The van der Waals surface area contributed by atoms with Crippen molar-refractivity contribution >= 4 is 18.3 Å². The minimum Gasteiger partial charge on any atom is -0.478 e. The molecule has 136 valence electrons. The molecule has 2 atom stereocenters. The van der Waals surface area contributed by atoms with E-state index in [0.29, 0.717) is 6.41 Å². The van der Waals surface area contributed by atoms with Crippen molar-refractivity contribution in [3.05, 3.63) is 11.6 Å². The third-order valence-electron chi connectivity index (χ3n) is 4.87. The van der Waals surface area contributed by atoms with Gasteiger partial charge in [-0.1, -0.05) is 39.2 Å². The Hall–Kier alpha value is -1.85. The molecule has 6 heteroatoms. The summed E-state index contributed by atoms with van der Waals surface area (Å²) in [4.78, 5) is 36.6. The van der Waals surface area contributed by atoms with Crippen molar-refractivity contribution in [2.24, 2.45) is 11.8 Å². The molecule has 0 aromatic heterocycles. The van der Waals surface area contributed by atoms with Crippen molar-refractivity contribution in [2.75, 3.05) is 7.05 Å². The van der Waals surface area contributed by atoms with Crippen LogP contribution in [0.2, 0.25) is 0 Å². The fourth-order valence-corrected chi connectivity index (χ4v) is 3.40. The molecule has 6 nitrogen and oxygen atoms in total. The van der Waals surface area contributed by atoms with Crippen molar-refractivity contribution in [2.45, 2.75) is 65.0 Å². The number of hydrogen-bond acceptors (Lipinski definition) is 3. The van der Waals surface area contributed by atoms with Crippen LogP contribution in [-0.4, -0.2) is 47.4 Å². The zero-order valence-electron chi connectivity index (χ0n) is 15.1. The molecule has 0 spiro atoms. The number of nitrogens with one attached hydrogen (secondary N) is 1. The lowest BCUT2D eigenvalue weighted by Crippen LogP contribution is -2.52. The fraction of sp³-hybridized carbons (Fsp3) is 0.722. The van der Waals surface area contributed by atoms with Crippen LogP contribution < -0.4 is 5.32 Å². The molecule has 0 heterocycles. The SMILES string of the molecule is C/C(=C\[C@H](C(C)C)N(C)C(=O)[C@H](NC=O)C1CCCCC1)C(=O)O. The van der Waals surface area contributed by atoms with Crippen LogP contribution >= 0.6 is 0 Å². The molecule has 0 bridgehead atoms. The highest BCUT2D eigenvalue weighted by Gasteiger charge is 2.33. The van der Waals surface area contributed by atoms with Crippen LogP contribution in [0.15, 0.2) is 11.6 Å². The van der Waals surface area contributed by atoms with E-state index in [-0.39, 0.29) is 29.4 Å². The Bertz CT molecular complexity index is 481. The quantitative estimate of drug-likeness (QED) is 0.525. The van der Waals surface area contributed by atoms with E-state index in [1.165, 1.54) is 13.3 Å². The van der Waals surface area contributed by atoms with Gasteiger partial charge in [0.15, 0.2) is 0 Å². The molecule has 1 fully saturated rings. The van der Waals surface area contributed by atoms with Crippen molar-refractivity contribution in [3.8, 4) is 0 Å². The first-order chi connectivity index (χ1) is 11.3. The van der Waals surface area contributed by atoms with Gasteiger partial charge in [-0.05, 0) is 31.6 Å². The zero-order valence-corrected chi connectivity index (χ0v) is 15.1. The van der Waals surface area contributed by atoms with Gasteiger partial charge >= 0.3 is 5.97 Å². The van der Waals surface area contributed by atoms with E-state index in [4.69, 9.17) is 5.11 Å². The summed E-state index contributed by atoms with van der Waals surface area (Å²) in [6.07, 6.45) is 7.39. The monoisotopic (exact) mass is 338 g/mol. The molecule has 2 N–H and O–H groups in total. The number of likely N-dealkylation sites (N-methyl/N-ethyl adjacent to an activating group) is 1. The lowest BCUT2D eigenvalue weighted by atomic mass is 9.83. The number of carboxylic acid groups (broad SMARTS) is 1. The summed E-state index contributed by atoms with van der Waals surface area (Å²) in [5, 5.41) is 11.8. The van der Waals surface area contributed by atoms with E-state index in [0.717, 1.165) is 25.7 Å². The summed E-state index contributed by atoms with van der Waals surface area (Å²) in [7, 11) is 1.68. The van der Waals surface area contributed by atoms with E-state index >= 15 is 0 Å². The molecule has 1 aliphatic carbocycles. The van der Waals surface area contributed by atoms with Gasteiger partial charge in [0, 0.05) is 12.6 Å². The van der Waals surface area contributed by atoms with Gasteiger partial charge in [0.2, 0.25) is 12.3 Å². The minimum atomic E-state index is -0.989. The molecule has 1 saturated carbocycles. The molecular formula is C18H30N2O4. The maximum absolute atomic E-state index is 13.0. The molecule has 1 aliphatic rings. The van der Waals surface area contributed by atoms with Crippen LogP contribution in [0.25, 0.3) is 0 Å². The number of amides is 2. The Balaban J connectivity index is 2.98. The Morgan fingerprint density at radius 3 is 2.25 bits per heavy atom. The first kappa shape index (κ1) is 20.2. The van der Waals surface area contributed by atoms with E-state index in [1.54, 1.807) is 18.0 Å². The van der Waals surface area contributed by atoms with Crippen LogP contribution in [-0.2, 0) is 14.4 Å². The van der Waals surface area contributed by atoms with Gasteiger partial charge in [0.1, 0.15) is 6.04 Å². The third-order valence-corrected chi connectivity index (χ3v) is 4.87. The highest BCUT2D eigenvalue weighted by atomic mass is 16.4. The highest BCUT2D eigenvalue weighted by molar-refractivity contribution is 5.87. The summed E-state index contributed by atoms with van der Waals surface area (Å²) in [5.74, 6) is -0.925. The van der Waals surface area contributed by atoms with Crippen LogP contribution in [0.1, 0.15) is 52.9 Å². The number of carbonyl (C=O) groups excluding carboxylic acids is 2. The fourth-order valence-electron chi connectivity index (χ4n) is 3.40. The van der Waals surface area contributed by atoms with Crippen molar-refractivity contribution in [3.63, 3.8) is 0 Å². The molecule has 0 aliphatic heterocycles. The summed E-state index contributed by atoms with van der Waals surface area (Å²) in [6.45, 7) is 5.42. The van der Waals surface area contributed by atoms with E-state index in [9.17, 15) is 14.4 Å². The Labute approximate surface area is 144 Å². The average molecular weight is 338 g/mol. The lowest BCUT2D eigenvalue weighted by molar-refractivity contribution is -0.137. The number of aliphatic carboxylic acids is 1. The van der Waals surface area contributed by atoms with E-state index in [1.807, 2.05) is 13.8 Å². The van der Waals surface area contributed by atoms with Crippen LogP contribution in [0.4, 0.5) is 0 Å². The average Bonchev–Trinajstić information content (AvgIpc) is 2.56. The van der Waals surface area contributed by atoms with Crippen molar-refractivity contribution in [1.82, 2.24) is 10.2 Å². The number of rotatable bonds is 8. The first-order valence-electron chi connectivity index (χ1n) is 8.67. The van der Waals surface area contributed by atoms with E-state index < -0.39 is 12.0 Å². The predicted molar refractivity (Wildman–Crippen MR) is 92.4 cm³/mol. The van der Waals surface area contributed by atoms with Crippen LogP contribution in [0.5, 0.6) is 0 Å². The zero-order chi connectivity index (χ0) is 18.3. The largest absolute Gasteiger partial charge is 0.478 e. The third kappa shape index (κ3) is 5.35. The second-order valence-electron chi connectivity index (χ2n) is 7.00. The molecular weight excluding hydrogens is 308 g/mol. The molecule has 1 rings (SSSR count). The molecule has 0 saturated heterocycles. The van der Waals surface area contributed by atoms with Gasteiger partial charge in [0.25, 0.3) is 0 Å². The van der Waals surface area contributed by atoms with Crippen molar-refractivity contribution in [1.29, 1.82) is 0 Å². The van der Waals surface area contributed by atoms with Crippen molar-refractivity contribution < 1.29 is 19.5 Å². The molecule has 0 aromatic carbocycles. The summed E-state index contributed by atoms with van der Waals surface area (Å²) in [6, 6.07) is -0.860. The number of carbonyl (C=O) groups is 3. The van der Waals surface area contributed by atoms with Gasteiger partial charge in [-0.3, -0.25) is 9.59 Å². The summed E-state index contributed by atoms with van der Waals surface area (Å²) < 4.78 is 0. The highest BCUT2D eigenvalue weighted by Crippen LogP contribution is 2.28. The lowest BCUT2D eigenvalue weighted by Gasteiger charge is -2.36. The summed E-state index contributed by atoms with van der Waals surface area (Å²) >= 11 is 0. The second kappa shape index (κ2) is 9.45.